The first-order valence-corrected chi connectivity index (χ1v) is 12.0. The third-order valence-electron chi connectivity index (χ3n) is 5.97. The van der Waals surface area contributed by atoms with Crippen LogP contribution < -0.4 is 20.3 Å². The molecule has 1 aromatic heterocycles. The molecule has 0 bridgehead atoms. The molecule has 2 aromatic rings. The van der Waals surface area contributed by atoms with Gasteiger partial charge in [0.25, 0.3) is 5.91 Å². The summed E-state index contributed by atoms with van der Waals surface area (Å²) in [7, 11) is 1.60. The van der Waals surface area contributed by atoms with Gasteiger partial charge < -0.3 is 20.3 Å². The molecule has 0 aliphatic carbocycles. The van der Waals surface area contributed by atoms with Crippen molar-refractivity contribution >= 4 is 24.2 Å². The maximum Gasteiger partial charge on any atom is 0.256 e. The number of dihydropyridines is 1. The molecule has 3 heterocycles. The molecule has 182 valence electrons. The number of allylic oxidation sites excluding steroid dienone is 3. The lowest BCUT2D eigenvalue weighted by Gasteiger charge is -2.30. The Balaban J connectivity index is 1.42. The number of ether oxygens (including phenoxy) is 1. The van der Waals surface area contributed by atoms with Gasteiger partial charge in [0, 0.05) is 25.5 Å². The van der Waals surface area contributed by atoms with Crippen molar-refractivity contribution in [2.24, 2.45) is 10.2 Å². The minimum atomic E-state index is -0.372. The molecule has 4 rings (SSSR count). The number of nitrogens with zero attached hydrogens (tertiary/aromatic N) is 4. The van der Waals surface area contributed by atoms with Gasteiger partial charge in [-0.3, -0.25) is 4.79 Å². The molecule has 35 heavy (non-hydrogen) atoms. The number of nitrogens with one attached hydrogen (secondary N) is 2. The number of fused-ring (bicyclic) bond motifs is 1. The second kappa shape index (κ2) is 12.0. The van der Waals surface area contributed by atoms with Crippen molar-refractivity contribution in [3.05, 3.63) is 77.1 Å². The third kappa shape index (κ3) is 6.35. The lowest BCUT2D eigenvalue weighted by atomic mass is 9.96. The fourth-order valence-corrected chi connectivity index (χ4v) is 4.09. The molecule has 0 fully saturated rings. The SMILES string of the molecule is CCCC/C=N/N=C/C1=CC=CC(NC(=O)c2cc3c(cc2OC)CCN(c2ccccn2)C3)N1. The molecule has 8 nitrogen and oxygen atoms in total. The standard InChI is InChI=1S/C27H32N6O2/c1-3-4-6-14-29-30-18-22-9-8-10-25(31-22)32-27(34)23-16-21-19-33(26-11-5-7-13-28-26)15-12-20(21)17-24(23)35-2/h5,7-11,13-14,16-18,25,31H,3-4,6,12,15,19H2,1-2H3,(H,32,34)/b29-14+,30-18+. The van der Waals surface area contributed by atoms with Gasteiger partial charge in [0.05, 0.1) is 24.6 Å². The van der Waals surface area contributed by atoms with Crippen molar-refractivity contribution in [3.8, 4) is 5.75 Å². The maximum atomic E-state index is 13.2. The highest BCUT2D eigenvalue weighted by Crippen LogP contribution is 2.29. The molecule has 0 spiro atoms. The topological polar surface area (TPSA) is 91.2 Å². The first kappa shape index (κ1) is 24.2. The van der Waals surface area contributed by atoms with Gasteiger partial charge in [0.15, 0.2) is 0 Å². The lowest BCUT2D eigenvalue weighted by molar-refractivity contribution is 0.0937. The molecule has 2 aliphatic rings. The van der Waals surface area contributed by atoms with Gasteiger partial charge in [-0.25, -0.2) is 4.98 Å². The summed E-state index contributed by atoms with van der Waals surface area (Å²) < 4.78 is 5.57. The zero-order valence-electron chi connectivity index (χ0n) is 20.3. The Hall–Kier alpha value is -3.94. The molecule has 1 atom stereocenters. The Morgan fingerprint density at radius 1 is 1.31 bits per heavy atom. The predicted octanol–water partition coefficient (Wildman–Crippen LogP) is 4.00. The van der Waals surface area contributed by atoms with E-state index in [2.05, 4.69) is 37.6 Å². The van der Waals surface area contributed by atoms with Crippen LogP contribution in [-0.4, -0.2) is 43.1 Å². The van der Waals surface area contributed by atoms with Gasteiger partial charge in [-0.05, 0) is 66.8 Å². The number of hydrogen-bond donors (Lipinski definition) is 2. The van der Waals surface area contributed by atoms with E-state index < -0.39 is 0 Å². The van der Waals surface area contributed by atoms with Crippen molar-refractivity contribution in [1.29, 1.82) is 0 Å². The van der Waals surface area contributed by atoms with Crippen LogP contribution in [0, 0.1) is 0 Å². The summed E-state index contributed by atoms with van der Waals surface area (Å²) in [5.41, 5.74) is 3.58. The van der Waals surface area contributed by atoms with Crippen molar-refractivity contribution < 1.29 is 9.53 Å². The number of pyridine rings is 1. The first-order chi connectivity index (χ1) is 17.2. The van der Waals surface area contributed by atoms with E-state index in [4.69, 9.17) is 4.74 Å². The molecular weight excluding hydrogens is 440 g/mol. The van der Waals surface area contributed by atoms with E-state index in [0.29, 0.717) is 17.9 Å². The fraction of sp³-hybridized carbons (Fsp3) is 0.333. The van der Waals surface area contributed by atoms with E-state index in [9.17, 15) is 4.79 Å². The quantitative estimate of drug-likeness (QED) is 0.327. The van der Waals surface area contributed by atoms with Crippen molar-refractivity contribution in [3.63, 3.8) is 0 Å². The van der Waals surface area contributed by atoms with Gasteiger partial charge >= 0.3 is 0 Å². The van der Waals surface area contributed by atoms with Gasteiger partial charge in [-0.15, -0.1) is 0 Å². The second-order valence-corrected chi connectivity index (χ2v) is 8.47. The smallest absolute Gasteiger partial charge is 0.256 e. The van der Waals surface area contributed by atoms with Crippen molar-refractivity contribution in [2.75, 3.05) is 18.6 Å². The van der Waals surface area contributed by atoms with E-state index >= 15 is 0 Å². The number of unbranched alkanes of at least 4 members (excludes halogenated alkanes) is 2. The van der Waals surface area contributed by atoms with Crippen molar-refractivity contribution in [1.82, 2.24) is 15.6 Å². The van der Waals surface area contributed by atoms with Gasteiger partial charge in [0.2, 0.25) is 0 Å². The average Bonchev–Trinajstić information content (AvgIpc) is 2.90. The molecule has 1 unspecified atom stereocenters. The number of carbonyl (C=O) groups is 1. The molecule has 0 radical (unpaired) electrons. The zero-order valence-corrected chi connectivity index (χ0v) is 20.3. The lowest BCUT2D eigenvalue weighted by Crippen LogP contribution is -2.45. The van der Waals surface area contributed by atoms with Crippen molar-refractivity contribution in [2.45, 2.75) is 45.3 Å². The summed E-state index contributed by atoms with van der Waals surface area (Å²) >= 11 is 0. The number of amides is 1. The third-order valence-corrected chi connectivity index (χ3v) is 5.97. The Morgan fingerprint density at radius 3 is 3.03 bits per heavy atom. The Kier molecular flexibility index (Phi) is 8.27. The van der Waals surface area contributed by atoms with Gasteiger partial charge in [-0.1, -0.05) is 25.5 Å². The second-order valence-electron chi connectivity index (χ2n) is 8.47. The number of anilines is 1. The van der Waals surface area contributed by atoms with Crippen LogP contribution in [0.15, 0.2) is 70.7 Å². The van der Waals surface area contributed by atoms with E-state index in [-0.39, 0.29) is 12.1 Å². The molecule has 0 saturated heterocycles. The summed E-state index contributed by atoms with van der Waals surface area (Å²) in [4.78, 5) is 19.9. The monoisotopic (exact) mass is 472 g/mol. The minimum absolute atomic E-state index is 0.211. The summed E-state index contributed by atoms with van der Waals surface area (Å²) in [5.74, 6) is 1.30. The van der Waals surface area contributed by atoms with Crippen LogP contribution in [0.3, 0.4) is 0 Å². The Labute approximate surface area is 206 Å². The van der Waals surface area contributed by atoms with Crippen LogP contribution in [0.5, 0.6) is 5.75 Å². The largest absolute Gasteiger partial charge is 0.496 e. The number of benzene rings is 1. The van der Waals surface area contributed by atoms with E-state index in [1.807, 2.05) is 54.8 Å². The summed E-state index contributed by atoms with van der Waals surface area (Å²) in [6.07, 6.45) is 14.6. The highest BCUT2D eigenvalue weighted by molar-refractivity contribution is 5.97. The Bertz CT molecular complexity index is 1140. The normalized spacial score (nSPS) is 17.3. The van der Waals surface area contributed by atoms with Crippen LogP contribution in [0.4, 0.5) is 5.82 Å². The van der Waals surface area contributed by atoms with Crippen LogP contribution in [-0.2, 0) is 13.0 Å². The maximum absolute atomic E-state index is 13.2. The number of aromatic nitrogens is 1. The molecule has 1 aromatic carbocycles. The molecule has 0 saturated carbocycles. The Morgan fingerprint density at radius 2 is 2.23 bits per heavy atom. The van der Waals surface area contributed by atoms with E-state index in [1.54, 1.807) is 19.5 Å². The highest BCUT2D eigenvalue weighted by atomic mass is 16.5. The first-order valence-electron chi connectivity index (χ1n) is 12.0. The number of hydrogen-bond acceptors (Lipinski definition) is 7. The number of methoxy groups -OCH3 is 1. The van der Waals surface area contributed by atoms with Gasteiger partial charge in [0.1, 0.15) is 17.7 Å². The number of carbonyl (C=O) groups excluding carboxylic acids is 1. The van der Waals surface area contributed by atoms with E-state index in [1.165, 1.54) is 5.56 Å². The summed E-state index contributed by atoms with van der Waals surface area (Å²) in [6.45, 7) is 3.71. The highest BCUT2D eigenvalue weighted by Gasteiger charge is 2.23. The van der Waals surface area contributed by atoms with Crippen LogP contribution in [0.25, 0.3) is 0 Å². The average molecular weight is 473 g/mol. The van der Waals surface area contributed by atoms with Crippen LogP contribution in [0.2, 0.25) is 0 Å². The fourth-order valence-electron chi connectivity index (χ4n) is 4.09. The summed E-state index contributed by atoms with van der Waals surface area (Å²) in [5, 5.41) is 14.4. The van der Waals surface area contributed by atoms with Gasteiger partial charge in [-0.2, -0.15) is 10.2 Å². The zero-order chi connectivity index (χ0) is 24.5. The molecule has 2 aliphatic heterocycles. The summed E-state index contributed by atoms with van der Waals surface area (Å²) in [6, 6.07) is 9.83. The van der Waals surface area contributed by atoms with Crippen LogP contribution in [0.1, 0.15) is 47.7 Å². The molecule has 8 heteroatoms. The molecule has 2 N–H and O–H groups in total. The molecule has 1 amide bonds. The van der Waals surface area contributed by atoms with E-state index in [0.717, 1.165) is 49.3 Å². The number of rotatable bonds is 9. The van der Waals surface area contributed by atoms with Crippen LogP contribution >= 0.6 is 0 Å². The predicted molar refractivity (Wildman–Crippen MR) is 140 cm³/mol. The minimum Gasteiger partial charge on any atom is -0.496 e. The molecular formula is C27H32N6O2.